The molecule has 21 heavy (non-hydrogen) atoms. The Hall–Kier alpha value is -2.02. The van der Waals surface area contributed by atoms with Gasteiger partial charge in [0.2, 0.25) is 11.8 Å². The number of hydrogen-bond acceptors (Lipinski definition) is 5. The van der Waals surface area contributed by atoms with Crippen LogP contribution in [0.25, 0.3) is 0 Å². The summed E-state index contributed by atoms with van der Waals surface area (Å²) in [4.78, 5) is 42.6. The zero-order valence-corrected chi connectivity index (χ0v) is 12.5. The van der Waals surface area contributed by atoms with E-state index in [1.54, 1.807) is 0 Å². The summed E-state index contributed by atoms with van der Waals surface area (Å²) in [6, 6.07) is -0.710. The van der Waals surface area contributed by atoms with Crippen LogP contribution >= 0.6 is 0 Å². The summed E-state index contributed by atoms with van der Waals surface area (Å²) in [6.45, 7) is 10.8. The number of carbonyl (C=O) groups is 3. The molecule has 0 aromatic rings. The first-order valence-corrected chi connectivity index (χ1v) is 7.04. The van der Waals surface area contributed by atoms with Gasteiger partial charge in [-0.05, 0) is 13.1 Å². The van der Waals surface area contributed by atoms with Crippen molar-refractivity contribution in [3.63, 3.8) is 0 Å². The summed E-state index contributed by atoms with van der Waals surface area (Å²) in [5.74, 6) is -2.23. The zero-order chi connectivity index (χ0) is 15.8. The molecule has 1 aliphatic heterocycles. The highest BCUT2D eigenvalue weighted by atomic mass is 16.2. The molecule has 1 atom stereocenters. The van der Waals surface area contributed by atoms with E-state index in [1.807, 2.05) is 0 Å². The Labute approximate surface area is 124 Å². The van der Waals surface area contributed by atoms with Crippen LogP contribution in [0.15, 0.2) is 17.6 Å². The molecular formula is C14H22N4O3. The van der Waals surface area contributed by atoms with Crippen LogP contribution in [0.3, 0.4) is 0 Å². The molecular weight excluding hydrogens is 272 g/mol. The molecule has 0 saturated carbocycles. The van der Waals surface area contributed by atoms with Gasteiger partial charge in [0.15, 0.2) is 5.92 Å². The number of carbonyl (C=O) groups excluding carboxylic acids is 3. The first-order chi connectivity index (χ1) is 10.0. The molecule has 4 amide bonds. The lowest BCUT2D eigenvalue weighted by atomic mass is 10.1. The first-order valence-electron chi connectivity index (χ1n) is 7.04. The number of aliphatic imine (C=N–C) groups is 1. The van der Waals surface area contributed by atoms with Crippen molar-refractivity contribution < 1.29 is 14.4 Å². The van der Waals surface area contributed by atoms with Crippen molar-refractivity contribution in [2.24, 2.45) is 10.9 Å². The highest BCUT2D eigenvalue weighted by Crippen LogP contribution is 2.08. The van der Waals surface area contributed by atoms with Gasteiger partial charge in [-0.25, -0.2) is 4.79 Å². The quantitative estimate of drug-likeness (QED) is 0.396. The molecule has 0 spiro atoms. The van der Waals surface area contributed by atoms with Gasteiger partial charge in [-0.1, -0.05) is 19.9 Å². The van der Waals surface area contributed by atoms with E-state index in [2.05, 4.69) is 35.6 Å². The minimum absolute atomic E-state index is 0.0712. The molecule has 1 unspecified atom stereocenters. The van der Waals surface area contributed by atoms with Gasteiger partial charge in [0.1, 0.15) is 0 Å². The number of likely N-dealkylation sites (N-methyl/N-ethyl adjacent to an activating group) is 1. The third-order valence-corrected chi connectivity index (χ3v) is 3.30. The Balaban J connectivity index is 2.63. The van der Waals surface area contributed by atoms with Crippen LogP contribution in [0.5, 0.6) is 0 Å². The molecule has 116 valence electrons. The number of imide groups is 2. The van der Waals surface area contributed by atoms with Crippen LogP contribution in [0.1, 0.15) is 13.8 Å². The van der Waals surface area contributed by atoms with Gasteiger partial charge in [0.25, 0.3) is 0 Å². The number of hydrogen-bond donors (Lipinski definition) is 1. The van der Waals surface area contributed by atoms with Crippen molar-refractivity contribution in [2.75, 3.05) is 32.7 Å². The predicted molar refractivity (Wildman–Crippen MR) is 80.1 cm³/mol. The van der Waals surface area contributed by atoms with Crippen molar-refractivity contribution in [2.45, 2.75) is 13.8 Å². The standard InChI is InChI=1S/C14H22N4O3/c1-4-8-18-13(20)11(12(19)16-14(18)21)10-15-7-9-17(5-2)6-3/h4,10-11H,1,5-9H2,2-3H3,(H,16,19,21). The molecule has 0 aromatic carbocycles. The molecule has 0 radical (unpaired) electrons. The van der Waals surface area contributed by atoms with E-state index in [0.717, 1.165) is 24.5 Å². The number of rotatable bonds is 8. The predicted octanol–water partition coefficient (Wildman–Crippen LogP) is 0.280. The van der Waals surface area contributed by atoms with Crippen LogP contribution < -0.4 is 5.32 Å². The molecule has 7 heteroatoms. The van der Waals surface area contributed by atoms with Crippen molar-refractivity contribution in [1.82, 2.24) is 15.1 Å². The smallest absolute Gasteiger partial charge is 0.302 e. The topological polar surface area (TPSA) is 82.1 Å². The van der Waals surface area contributed by atoms with Gasteiger partial charge < -0.3 is 4.90 Å². The van der Waals surface area contributed by atoms with Crippen LogP contribution in [0.4, 0.5) is 4.79 Å². The summed E-state index contributed by atoms with van der Waals surface area (Å²) < 4.78 is 0. The average molecular weight is 294 g/mol. The average Bonchev–Trinajstić information content (AvgIpc) is 2.46. The summed E-state index contributed by atoms with van der Waals surface area (Å²) in [7, 11) is 0. The van der Waals surface area contributed by atoms with E-state index in [4.69, 9.17) is 0 Å². The lowest BCUT2D eigenvalue weighted by Crippen LogP contribution is -2.58. The van der Waals surface area contributed by atoms with Crippen LogP contribution in [0, 0.1) is 5.92 Å². The van der Waals surface area contributed by atoms with Crippen LogP contribution in [-0.2, 0) is 9.59 Å². The molecule has 0 aromatic heterocycles. The number of nitrogens with one attached hydrogen (secondary N) is 1. The van der Waals surface area contributed by atoms with Crippen molar-refractivity contribution in [1.29, 1.82) is 0 Å². The molecule has 7 nitrogen and oxygen atoms in total. The molecule has 1 aliphatic rings. The van der Waals surface area contributed by atoms with Gasteiger partial charge >= 0.3 is 6.03 Å². The van der Waals surface area contributed by atoms with Gasteiger partial charge in [-0.15, -0.1) is 6.58 Å². The van der Waals surface area contributed by atoms with Gasteiger partial charge in [0.05, 0.1) is 6.54 Å². The van der Waals surface area contributed by atoms with E-state index < -0.39 is 23.8 Å². The molecule has 0 bridgehead atoms. The van der Waals surface area contributed by atoms with Gasteiger partial charge in [-0.2, -0.15) is 0 Å². The largest absolute Gasteiger partial charge is 0.331 e. The monoisotopic (exact) mass is 294 g/mol. The van der Waals surface area contributed by atoms with Crippen molar-refractivity contribution in [3.05, 3.63) is 12.7 Å². The molecule has 1 rings (SSSR count). The summed E-state index contributed by atoms with van der Waals surface area (Å²) >= 11 is 0. The lowest BCUT2D eigenvalue weighted by Gasteiger charge is -2.27. The maximum atomic E-state index is 12.1. The fraction of sp³-hybridized carbons (Fsp3) is 0.571. The molecule has 1 fully saturated rings. The minimum atomic E-state index is -1.04. The van der Waals surface area contributed by atoms with E-state index in [1.165, 1.54) is 12.3 Å². The molecule has 0 aliphatic carbocycles. The zero-order valence-electron chi connectivity index (χ0n) is 12.5. The van der Waals surface area contributed by atoms with E-state index in [0.29, 0.717) is 6.54 Å². The summed E-state index contributed by atoms with van der Waals surface area (Å²) in [5.41, 5.74) is 0. The number of urea groups is 1. The number of amides is 4. The van der Waals surface area contributed by atoms with Crippen molar-refractivity contribution >= 4 is 24.1 Å². The van der Waals surface area contributed by atoms with Gasteiger partial charge in [0, 0.05) is 19.3 Å². The van der Waals surface area contributed by atoms with E-state index >= 15 is 0 Å². The normalized spacial score (nSPS) is 19.5. The molecule has 1 N–H and O–H groups in total. The lowest BCUT2D eigenvalue weighted by molar-refractivity contribution is -0.138. The van der Waals surface area contributed by atoms with Crippen molar-refractivity contribution in [3.8, 4) is 0 Å². The SMILES string of the molecule is C=CCN1C(=O)NC(=O)C(C=NCCN(CC)CC)C1=O. The van der Waals surface area contributed by atoms with E-state index in [-0.39, 0.29) is 6.54 Å². The highest BCUT2D eigenvalue weighted by molar-refractivity contribution is 6.23. The fourth-order valence-electron chi connectivity index (χ4n) is 1.98. The molecule has 1 saturated heterocycles. The summed E-state index contributed by atoms with van der Waals surface area (Å²) in [5, 5.41) is 2.14. The second-order valence-corrected chi connectivity index (χ2v) is 4.59. The summed E-state index contributed by atoms with van der Waals surface area (Å²) in [6.07, 6.45) is 2.76. The number of barbiturate groups is 1. The fourth-order valence-corrected chi connectivity index (χ4v) is 1.98. The Morgan fingerprint density at radius 1 is 1.33 bits per heavy atom. The second-order valence-electron chi connectivity index (χ2n) is 4.59. The Morgan fingerprint density at radius 2 is 2.00 bits per heavy atom. The van der Waals surface area contributed by atoms with Gasteiger partial charge in [-0.3, -0.25) is 24.8 Å². The van der Waals surface area contributed by atoms with Crippen LogP contribution in [0.2, 0.25) is 0 Å². The minimum Gasteiger partial charge on any atom is -0.302 e. The first kappa shape index (κ1) is 17.0. The second kappa shape index (κ2) is 8.31. The number of nitrogens with zero attached hydrogens (tertiary/aromatic N) is 3. The third-order valence-electron chi connectivity index (χ3n) is 3.30. The van der Waals surface area contributed by atoms with Crippen LogP contribution in [-0.4, -0.2) is 66.6 Å². The van der Waals surface area contributed by atoms with E-state index in [9.17, 15) is 14.4 Å². The highest BCUT2D eigenvalue weighted by Gasteiger charge is 2.38. The molecule has 1 heterocycles. The third kappa shape index (κ3) is 4.49. The maximum Gasteiger partial charge on any atom is 0.331 e. The maximum absolute atomic E-state index is 12.1. The Morgan fingerprint density at radius 3 is 2.57 bits per heavy atom. The Bertz CT molecular complexity index is 444. The Kier molecular flexibility index (Phi) is 6.74.